The zero-order valence-electron chi connectivity index (χ0n) is 16.0. The zero-order valence-corrected chi connectivity index (χ0v) is 16.8. The van der Waals surface area contributed by atoms with Gasteiger partial charge in [-0.25, -0.2) is 13.2 Å². The second-order valence-corrected chi connectivity index (χ2v) is 8.61. The summed E-state index contributed by atoms with van der Waals surface area (Å²) >= 11 is 0. The Kier molecular flexibility index (Phi) is 5.92. The van der Waals surface area contributed by atoms with Crippen LogP contribution in [0, 0.1) is 6.92 Å². The van der Waals surface area contributed by atoms with Crippen molar-refractivity contribution in [2.45, 2.75) is 24.8 Å². The van der Waals surface area contributed by atoms with E-state index in [4.69, 9.17) is 9.47 Å². The minimum absolute atomic E-state index is 0.0310. The molecule has 0 spiro atoms. The van der Waals surface area contributed by atoms with Gasteiger partial charge in [-0.05, 0) is 25.5 Å². The van der Waals surface area contributed by atoms with Gasteiger partial charge in [0.15, 0.2) is 0 Å². The molecular weight excluding hydrogens is 391 g/mol. The standard InChI is InChI=1S/C18H23FN2O6S/c1-4-26-18(22)14(19)11-27-16-8-17-15(7-12(16)2)21(13-9-25-10-13)6-5-20(3)28(17,23)24/h7-8,11,13H,4-6,9-10H2,1-3H3/b14-11-. The number of benzene rings is 1. The van der Waals surface area contributed by atoms with Crippen molar-refractivity contribution in [3.8, 4) is 5.75 Å². The summed E-state index contributed by atoms with van der Waals surface area (Å²) in [5.74, 6) is -2.20. The SMILES string of the molecule is CCOC(=O)/C(F)=C/Oc1cc2c(cc1C)N(C1COC1)CCN(C)S2(=O)=O. The number of ether oxygens (including phenoxy) is 3. The summed E-state index contributed by atoms with van der Waals surface area (Å²) in [7, 11) is -2.23. The summed E-state index contributed by atoms with van der Waals surface area (Å²) < 4.78 is 56.0. The number of carbonyl (C=O) groups excluding carboxylic acids is 1. The number of hydrogen-bond acceptors (Lipinski definition) is 7. The van der Waals surface area contributed by atoms with Crippen molar-refractivity contribution in [1.82, 2.24) is 4.31 Å². The molecule has 154 valence electrons. The first-order valence-electron chi connectivity index (χ1n) is 8.90. The van der Waals surface area contributed by atoms with Gasteiger partial charge in [0.05, 0.1) is 31.5 Å². The molecule has 2 aliphatic rings. The van der Waals surface area contributed by atoms with Crippen molar-refractivity contribution in [3.63, 3.8) is 0 Å². The number of nitrogens with zero attached hydrogens (tertiary/aromatic N) is 2. The largest absolute Gasteiger partial charge is 0.461 e. The molecule has 0 aromatic heterocycles. The fourth-order valence-electron chi connectivity index (χ4n) is 3.02. The monoisotopic (exact) mass is 414 g/mol. The maximum absolute atomic E-state index is 13.8. The van der Waals surface area contributed by atoms with Crippen molar-refractivity contribution in [3.05, 3.63) is 29.8 Å². The van der Waals surface area contributed by atoms with Crippen LogP contribution in [0.5, 0.6) is 5.75 Å². The van der Waals surface area contributed by atoms with Crippen LogP contribution >= 0.6 is 0 Å². The molecule has 2 aliphatic heterocycles. The summed E-state index contributed by atoms with van der Waals surface area (Å²) in [6.07, 6.45) is 0.622. The van der Waals surface area contributed by atoms with E-state index in [1.165, 1.54) is 17.4 Å². The van der Waals surface area contributed by atoms with Crippen LogP contribution in [0.15, 0.2) is 29.1 Å². The predicted octanol–water partition coefficient (Wildman–Crippen LogP) is 1.59. The Balaban J connectivity index is 2.00. The quantitative estimate of drug-likeness (QED) is 0.411. The highest BCUT2D eigenvalue weighted by molar-refractivity contribution is 7.89. The Morgan fingerprint density at radius 2 is 2.07 bits per heavy atom. The molecule has 1 aromatic carbocycles. The van der Waals surface area contributed by atoms with Gasteiger partial charge in [-0.15, -0.1) is 0 Å². The van der Waals surface area contributed by atoms with Crippen molar-refractivity contribution in [2.24, 2.45) is 0 Å². The highest BCUT2D eigenvalue weighted by Crippen LogP contribution is 2.37. The van der Waals surface area contributed by atoms with E-state index in [1.54, 1.807) is 19.9 Å². The van der Waals surface area contributed by atoms with Gasteiger partial charge in [0.2, 0.25) is 15.9 Å². The Morgan fingerprint density at radius 1 is 1.36 bits per heavy atom. The molecule has 10 heteroatoms. The maximum Gasteiger partial charge on any atom is 0.370 e. The summed E-state index contributed by atoms with van der Waals surface area (Å²) in [6.45, 7) is 5.25. The molecule has 0 aliphatic carbocycles. The van der Waals surface area contributed by atoms with Crippen LogP contribution < -0.4 is 9.64 Å². The van der Waals surface area contributed by atoms with E-state index in [0.29, 0.717) is 43.8 Å². The lowest BCUT2D eigenvalue weighted by atomic mass is 10.1. The fourth-order valence-corrected chi connectivity index (χ4v) is 4.37. The third kappa shape index (κ3) is 3.85. The Bertz CT molecular complexity index is 898. The van der Waals surface area contributed by atoms with Crippen molar-refractivity contribution in [1.29, 1.82) is 0 Å². The number of carbonyl (C=O) groups is 1. The first kappa shape index (κ1) is 20.6. The summed E-state index contributed by atoms with van der Waals surface area (Å²) in [5, 5.41) is 0. The third-order valence-corrected chi connectivity index (χ3v) is 6.62. The fraction of sp³-hybridized carbons (Fsp3) is 0.500. The Labute approximate surface area is 163 Å². The molecule has 1 saturated heterocycles. The molecular formula is C18H23FN2O6S. The highest BCUT2D eigenvalue weighted by Gasteiger charge is 2.36. The third-order valence-electron chi connectivity index (χ3n) is 4.73. The van der Waals surface area contributed by atoms with Crippen molar-refractivity contribution < 1.29 is 31.8 Å². The highest BCUT2D eigenvalue weighted by atomic mass is 32.2. The van der Waals surface area contributed by atoms with Crippen molar-refractivity contribution in [2.75, 3.05) is 44.9 Å². The molecule has 3 rings (SSSR count). The maximum atomic E-state index is 13.8. The van der Waals surface area contributed by atoms with Crippen LogP contribution in [0.3, 0.4) is 0 Å². The number of sulfonamides is 1. The van der Waals surface area contributed by atoms with Gasteiger partial charge >= 0.3 is 5.97 Å². The Morgan fingerprint density at radius 3 is 2.68 bits per heavy atom. The second kappa shape index (κ2) is 8.06. The molecule has 1 fully saturated rings. The minimum Gasteiger partial charge on any atom is -0.461 e. The normalized spacial score (nSPS) is 20.1. The van der Waals surface area contributed by atoms with Crippen LogP contribution in [0.25, 0.3) is 0 Å². The van der Waals surface area contributed by atoms with E-state index in [1.807, 2.05) is 4.90 Å². The van der Waals surface area contributed by atoms with Crippen LogP contribution in [-0.2, 0) is 24.3 Å². The molecule has 0 bridgehead atoms. The van der Waals surface area contributed by atoms with Crippen LogP contribution in [-0.4, -0.2) is 64.7 Å². The number of aryl methyl sites for hydroxylation is 1. The summed E-state index contributed by atoms with van der Waals surface area (Å²) in [5.41, 5.74) is 1.17. The number of fused-ring (bicyclic) bond motifs is 1. The average Bonchev–Trinajstić information content (AvgIpc) is 2.69. The Hall–Kier alpha value is -2.17. The van der Waals surface area contributed by atoms with Crippen LogP contribution in [0.2, 0.25) is 0 Å². The smallest absolute Gasteiger partial charge is 0.370 e. The average molecular weight is 414 g/mol. The number of esters is 1. The van der Waals surface area contributed by atoms with Gasteiger partial charge in [0, 0.05) is 26.2 Å². The number of halogens is 1. The van der Waals surface area contributed by atoms with Crippen molar-refractivity contribution >= 4 is 21.7 Å². The number of anilines is 1. The van der Waals surface area contributed by atoms with E-state index in [0.717, 1.165) is 0 Å². The van der Waals surface area contributed by atoms with Gasteiger partial charge in [-0.1, -0.05) is 0 Å². The van der Waals surface area contributed by atoms with E-state index in [-0.39, 0.29) is 23.3 Å². The lowest BCUT2D eigenvalue weighted by Crippen LogP contribution is -2.50. The second-order valence-electron chi connectivity index (χ2n) is 6.60. The molecule has 1 aromatic rings. The lowest BCUT2D eigenvalue weighted by molar-refractivity contribution is -0.140. The van der Waals surface area contributed by atoms with E-state index >= 15 is 0 Å². The zero-order chi connectivity index (χ0) is 20.5. The lowest BCUT2D eigenvalue weighted by Gasteiger charge is -2.38. The minimum atomic E-state index is -3.75. The predicted molar refractivity (Wildman–Crippen MR) is 99.4 cm³/mol. The summed E-state index contributed by atoms with van der Waals surface area (Å²) in [4.78, 5) is 13.5. The number of hydrogen-bond donors (Lipinski definition) is 0. The first-order valence-corrected chi connectivity index (χ1v) is 10.3. The topological polar surface area (TPSA) is 85.4 Å². The van der Waals surface area contributed by atoms with Gasteiger partial charge in [0.25, 0.3) is 0 Å². The molecule has 0 radical (unpaired) electrons. The molecule has 0 N–H and O–H groups in total. The first-order chi connectivity index (χ1) is 13.3. The van der Waals surface area contributed by atoms with Gasteiger partial charge in [-0.2, -0.15) is 8.70 Å². The molecule has 0 unspecified atom stereocenters. The van der Waals surface area contributed by atoms with E-state index in [9.17, 15) is 17.6 Å². The molecule has 8 nitrogen and oxygen atoms in total. The van der Waals surface area contributed by atoms with Gasteiger partial charge in [-0.3, -0.25) is 0 Å². The molecule has 0 amide bonds. The molecule has 28 heavy (non-hydrogen) atoms. The molecule has 0 saturated carbocycles. The molecule has 2 heterocycles. The van der Waals surface area contributed by atoms with Crippen LogP contribution in [0.1, 0.15) is 12.5 Å². The van der Waals surface area contributed by atoms with E-state index < -0.39 is 21.8 Å². The van der Waals surface area contributed by atoms with Gasteiger partial charge in [0.1, 0.15) is 16.9 Å². The van der Waals surface area contributed by atoms with E-state index in [2.05, 4.69) is 4.74 Å². The molecule has 0 atom stereocenters. The van der Waals surface area contributed by atoms with Gasteiger partial charge < -0.3 is 19.1 Å². The number of rotatable bonds is 5. The number of likely N-dealkylation sites (N-methyl/N-ethyl adjacent to an activating group) is 1. The summed E-state index contributed by atoms with van der Waals surface area (Å²) in [6, 6.07) is 3.17. The van der Waals surface area contributed by atoms with Crippen LogP contribution in [0.4, 0.5) is 10.1 Å².